The molecule has 0 aromatic heterocycles. The monoisotopic (exact) mass is 277 g/mol. The Labute approximate surface area is 121 Å². The largest absolute Gasteiger partial charge is 0.492 e. The zero-order valence-electron chi connectivity index (χ0n) is 12.2. The van der Waals surface area contributed by atoms with Crippen molar-refractivity contribution in [2.75, 3.05) is 19.7 Å². The molecule has 0 saturated carbocycles. The summed E-state index contributed by atoms with van der Waals surface area (Å²) in [7, 11) is -1.44. The zero-order chi connectivity index (χ0) is 14.4. The summed E-state index contributed by atoms with van der Waals surface area (Å²) in [4.78, 5) is 2.51. The molecule has 4 nitrogen and oxygen atoms in total. The van der Waals surface area contributed by atoms with Crippen molar-refractivity contribution in [3.05, 3.63) is 24.3 Å². The number of rotatable bonds is 6. The van der Waals surface area contributed by atoms with Gasteiger partial charge in [-0.25, -0.2) is 0 Å². The summed E-state index contributed by atoms with van der Waals surface area (Å²) in [6.07, 6.45) is 5.11. The molecule has 1 heterocycles. The molecule has 1 aromatic rings. The van der Waals surface area contributed by atoms with E-state index in [1.807, 2.05) is 6.07 Å². The molecule has 1 atom stereocenters. The van der Waals surface area contributed by atoms with E-state index in [1.165, 1.54) is 25.7 Å². The van der Waals surface area contributed by atoms with Gasteiger partial charge in [-0.2, -0.15) is 0 Å². The number of hydrogen-bond donors (Lipinski definition) is 2. The minimum Gasteiger partial charge on any atom is -0.492 e. The quantitative estimate of drug-likeness (QED) is 0.762. The van der Waals surface area contributed by atoms with Gasteiger partial charge >= 0.3 is 7.12 Å². The minimum atomic E-state index is -1.44. The van der Waals surface area contributed by atoms with Crippen LogP contribution < -0.4 is 10.2 Å². The zero-order valence-corrected chi connectivity index (χ0v) is 12.2. The summed E-state index contributed by atoms with van der Waals surface area (Å²) in [5.74, 6) is 0.695. The molecule has 0 amide bonds. The van der Waals surface area contributed by atoms with E-state index in [0.717, 1.165) is 13.1 Å². The summed E-state index contributed by atoms with van der Waals surface area (Å²) in [6.45, 7) is 4.99. The molecular formula is C15H24BNO3. The van der Waals surface area contributed by atoms with Gasteiger partial charge in [-0.15, -0.1) is 0 Å². The average Bonchev–Trinajstić information content (AvgIpc) is 2.48. The third kappa shape index (κ3) is 4.23. The third-order valence-electron chi connectivity index (χ3n) is 4.02. The first kappa shape index (κ1) is 15.4. The van der Waals surface area contributed by atoms with Crippen LogP contribution in [0.25, 0.3) is 0 Å². The molecule has 0 bridgehead atoms. The van der Waals surface area contributed by atoms with Crippen LogP contribution >= 0.6 is 0 Å². The van der Waals surface area contributed by atoms with Gasteiger partial charge < -0.3 is 14.8 Å². The van der Waals surface area contributed by atoms with E-state index < -0.39 is 7.12 Å². The number of hydrogen-bond acceptors (Lipinski definition) is 4. The molecular weight excluding hydrogens is 253 g/mol. The predicted molar refractivity (Wildman–Crippen MR) is 81.3 cm³/mol. The normalized spacial score (nSPS) is 19.9. The fourth-order valence-corrected chi connectivity index (χ4v) is 2.86. The van der Waals surface area contributed by atoms with Crippen LogP contribution in [0.3, 0.4) is 0 Å². The van der Waals surface area contributed by atoms with Gasteiger partial charge in [0.2, 0.25) is 0 Å². The second-order valence-electron chi connectivity index (χ2n) is 5.39. The Morgan fingerprint density at radius 2 is 2.20 bits per heavy atom. The van der Waals surface area contributed by atoms with Crippen LogP contribution in [-0.4, -0.2) is 47.8 Å². The Kier molecular flexibility index (Phi) is 5.89. The molecule has 2 N–H and O–H groups in total. The second kappa shape index (κ2) is 7.67. The molecule has 1 aromatic carbocycles. The highest BCUT2D eigenvalue weighted by atomic mass is 16.5. The van der Waals surface area contributed by atoms with Gasteiger partial charge in [0.1, 0.15) is 12.4 Å². The maximum atomic E-state index is 9.14. The van der Waals surface area contributed by atoms with Gasteiger partial charge in [-0.1, -0.05) is 25.5 Å². The van der Waals surface area contributed by atoms with Crippen molar-refractivity contribution in [3.8, 4) is 5.75 Å². The second-order valence-corrected chi connectivity index (χ2v) is 5.39. The van der Waals surface area contributed by atoms with Crippen LogP contribution in [0.4, 0.5) is 0 Å². The number of benzene rings is 1. The van der Waals surface area contributed by atoms with E-state index in [2.05, 4.69) is 11.8 Å². The van der Waals surface area contributed by atoms with Crippen molar-refractivity contribution in [1.82, 2.24) is 4.90 Å². The maximum absolute atomic E-state index is 9.14. The standard InChI is InChI=1S/C15H24BNO3/c1-2-14-7-3-4-9-17(14)10-11-20-15-8-5-6-13(12-15)16(18)19/h5-6,8,12,14,18-19H,2-4,7,9-11H2,1H3. The van der Waals surface area contributed by atoms with Crippen LogP contribution in [0.2, 0.25) is 0 Å². The lowest BCUT2D eigenvalue weighted by atomic mass is 9.80. The van der Waals surface area contributed by atoms with E-state index in [1.54, 1.807) is 18.2 Å². The fraction of sp³-hybridized carbons (Fsp3) is 0.600. The molecule has 1 aliphatic rings. The molecule has 0 spiro atoms. The van der Waals surface area contributed by atoms with E-state index >= 15 is 0 Å². The average molecular weight is 277 g/mol. The van der Waals surface area contributed by atoms with E-state index in [9.17, 15) is 0 Å². The highest BCUT2D eigenvalue weighted by molar-refractivity contribution is 6.58. The van der Waals surface area contributed by atoms with E-state index in [0.29, 0.717) is 23.9 Å². The Hall–Kier alpha value is -1.04. The molecule has 0 aliphatic carbocycles. The molecule has 20 heavy (non-hydrogen) atoms. The first-order chi connectivity index (χ1) is 9.70. The summed E-state index contributed by atoms with van der Waals surface area (Å²) in [5, 5.41) is 18.3. The highest BCUT2D eigenvalue weighted by Crippen LogP contribution is 2.19. The number of likely N-dealkylation sites (tertiary alicyclic amines) is 1. The van der Waals surface area contributed by atoms with Crippen LogP contribution in [0, 0.1) is 0 Å². The molecule has 0 radical (unpaired) electrons. The molecule has 5 heteroatoms. The molecule has 1 aliphatic heterocycles. The molecule has 1 unspecified atom stereocenters. The van der Waals surface area contributed by atoms with Gasteiger partial charge in [0.25, 0.3) is 0 Å². The lowest BCUT2D eigenvalue weighted by molar-refractivity contribution is 0.120. The van der Waals surface area contributed by atoms with Crippen LogP contribution in [0.1, 0.15) is 32.6 Å². The number of piperidine rings is 1. The van der Waals surface area contributed by atoms with Gasteiger partial charge in [0, 0.05) is 12.6 Å². The topological polar surface area (TPSA) is 52.9 Å². The van der Waals surface area contributed by atoms with Crippen LogP contribution in [-0.2, 0) is 0 Å². The van der Waals surface area contributed by atoms with Crippen molar-refractivity contribution in [3.63, 3.8) is 0 Å². The van der Waals surface area contributed by atoms with Crippen LogP contribution in [0.15, 0.2) is 24.3 Å². The maximum Gasteiger partial charge on any atom is 0.488 e. The van der Waals surface area contributed by atoms with Crippen LogP contribution in [0.5, 0.6) is 5.75 Å². The Balaban J connectivity index is 1.81. The lowest BCUT2D eigenvalue weighted by Crippen LogP contribution is -2.41. The van der Waals surface area contributed by atoms with Gasteiger partial charge in [0.05, 0.1) is 0 Å². The van der Waals surface area contributed by atoms with Gasteiger partial charge in [0.15, 0.2) is 0 Å². The van der Waals surface area contributed by atoms with Crippen molar-refractivity contribution in [2.45, 2.75) is 38.6 Å². The molecule has 110 valence electrons. The van der Waals surface area contributed by atoms with Gasteiger partial charge in [-0.3, -0.25) is 4.90 Å². The first-order valence-electron chi connectivity index (χ1n) is 7.53. The summed E-state index contributed by atoms with van der Waals surface area (Å²) in [6, 6.07) is 7.67. The Morgan fingerprint density at radius 1 is 1.35 bits per heavy atom. The Bertz CT molecular complexity index is 414. The third-order valence-corrected chi connectivity index (χ3v) is 4.02. The van der Waals surface area contributed by atoms with E-state index in [4.69, 9.17) is 14.8 Å². The molecule has 2 rings (SSSR count). The van der Waals surface area contributed by atoms with Crippen molar-refractivity contribution in [2.24, 2.45) is 0 Å². The highest BCUT2D eigenvalue weighted by Gasteiger charge is 2.20. The van der Waals surface area contributed by atoms with Crippen molar-refractivity contribution >= 4 is 12.6 Å². The molecule has 1 fully saturated rings. The van der Waals surface area contributed by atoms with E-state index in [-0.39, 0.29) is 0 Å². The van der Waals surface area contributed by atoms with Crippen molar-refractivity contribution in [1.29, 1.82) is 0 Å². The first-order valence-corrected chi connectivity index (χ1v) is 7.53. The lowest BCUT2D eigenvalue weighted by Gasteiger charge is -2.35. The van der Waals surface area contributed by atoms with Gasteiger partial charge in [-0.05, 0) is 43.4 Å². The number of nitrogens with zero attached hydrogens (tertiary/aromatic N) is 1. The molecule has 1 saturated heterocycles. The summed E-state index contributed by atoms with van der Waals surface area (Å²) in [5.41, 5.74) is 0.465. The SMILES string of the molecule is CCC1CCCCN1CCOc1cccc(B(O)O)c1. The smallest absolute Gasteiger partial charge is 0.488 e. The predicted octanol–water partition coefficient (Wildman–Crippen LogP) is 1.01. The fourth-order valence-electron chi connectivity index (χ4n) is 2.86. The summed E-state index contributed by atoms with van der Waals surface area (Å²) >= 11 is 0. The van der Waals surface area contributed by atoms with Crippen molar-refractivity contribution < 1.29 is 14.8 Å². The number of ether oxygens (including phenoxy) is 1. The summed E-state index contributed by atoms with van der Waals surface area (Å²) < 4.78 is 5.73. The minimum absolute atomic E-state index is 0.465. The Morgan fingerprint density at radius 3 is 2.95 bits per heavy atom.